The van der Waals surface area contributed by atoms with Crippen LogP contribution in [0.15, 0.2) is 40.5 Å². The Bertz CT molecular complexity index is 400. The number of hydrogen-bond acceptors (Lipinski definition) is 2. The van der Waals surface area contributed by atoms with Crippen LogP contribution in [0.3, 0.4) is 0 Å². The van der Waals surface area contributed by atoms with Crippen molar-refractivity contribution < 1.29 is 0 Å². The van der Waals surface area contributed by atoms with E-state index < -0.39 is 0 Å². The van der Waals surface area contributed by atoms with E-state index in [4.69, 9.17) is 5.26 Å². The highest BCUT2D eigenvalue weighted by atomic mass is 79.9. The van der Waals surface area contributed by atoms with Crippen LogP contribution in [0, 0.1) is 11.3 Å². The molecule has 0 radical (unpaired) electrons. The molecule has 0 aromatic heterocycles. The Morgan fingerprint density at radius 3 is 2.71 bits per heavy atom. The van der Waals surface area contributed by atoms with Crippen LogP contribution in [0.2, 0.25) is 0 Å². The van der Waals surface area contributed by atoms with E-state index >= 15 is 0 Å². The van der Waals surface area contributed by atoms with Crippen LogP contribution < -0.4 is 5.32 Å². The zero-order chi connectivity index (χ0) is 9.97. The van der Waals surface area contributed by atoms with E-state index in [1.807, 2.05) is 24.3 Å². The third-order valence-corrected chi connectivity index (χ3v) is 2.89. The minimum atomic E-state index is 0.216. The Kier molecular flexibility index (Phi) is 2.55. The molecular formula is C11H9BrN2. The molecule has 0 saturated carbocycles. The maximum Gasteiger partial charge on any atom is 0.0969 e. The van der Waals surface area contributed by atoms with E-state index in [0.29, 0.717) is 0 Å². The van der Waals surface area contributed by atoms with E-state index in [0.717, 1.165) is 16.6 Å². The predicted octanol–water partition coefficient (Wildman–Crippen LogP) is 2.54. The summed E-state index contributed by atoms with van der Waals surface area (Å²) in [7, 11) is 0. The molecule has 1 heterocycles. The first-order chi connectivity index (χ1) is 6.81. The van der Waals surface area contributed by atoms with Gasteiger partial charge in [-0.1, -0.05) is 28.1 Å². The molecule has 3 heteroatoms. The lowest BCUT2D eigenvalue weighted by Crippen LogP contribution is -2.08. The largest absolute Gasteiger partial charge is 0.389 e. The van der Waals surface area contributed by atoms with E-state index in [2.05, 4.69) is 27.3 Å². The van der Waals surface area contributed by atoms with E-state index in [1.54, 1.807) is 6.20 Å². The van der Waals surface area contributed by atoms with Gasteiger partial charge in [0.25, 0.3) is 0 Å². The van der Waals surface area contributed by atoms with Crippen LogP contribution in [-0.2, 0) is 0 Å². The highest BCUT2D eigenvalue weighted by Crippen LogP contribution is 2.27. The smallest absolute Gasteiger partial charge is 0.0969 e. The lowest BCUT2D eigenvalue weighted by atomic mass is 9.94. The summed E-state index contributed by atoms with van der Waals surface area (Å²) in [4.78, 5) is 0. The molecule has 0 amide bonds. The van der Waals surface area contributed by atoms with Crippen molar-refractivity contribution in [2.75, 3.05) is 6.54 Å². The summed E-state index contributed by atoms with van der Waals surface area (Å²) in [6.45, 7) is 0.824. The van der Waals surface area contributed by atoms with Crippen LogP contribution in [0.25, 0.3) is 0 Å². The highest BCUT2D eigenvalue weighted by Gasteiger charge is 2.20. The Hall–Kier alpha value is -1.27. The molecule has 1 atom stereocenters. The van der Waals surface area contributed by atoms with Crippen LogP contribution in [0.1, 0.15) is 11.5 Å². The first kappa shape index (κ1) is 9.29. The molecule has 1 N–H and O–H groups in total. The van der Waals surface area contributed by atoms with Gasteiger partial charge in [-0.3, -0.25) is 0 Å². The fourth-order valence-electron chi connectivity index (χ4n) is 1.60. The van der Waals surface area contributed by atoms with Gasteiger partial charge in [-0.15, -0.1) is 0 Å². The third-order valence-electron chi connectivity index (χ3n) is 2.36. The van der Waals surface area contributed by atoms with E-state index in [-0.39, 0.29) is 5.92 Å². The lowest BCUT2D eigenvalue weighted by Gasteiger charge is -2.09. The second kappa shape index (κ2) is 3.85. The standard InChI is InChI=1S/C11H9BrN2/c12-10-3-1-8(2-4-10)11-7-14-6-9(11)5-13/h1-4,6,11,14H,7H2. The molecule has 0 fully saturated rings. The van der Waals surface area contributed by atoms with Crippen molar-refractivity contribution in [1.82, 2.24) is 5.32 Å². The number of nitriles is 1. The molecule has 14 heavy (non-hydrogen) atoms. The summed E-state index contributed by atoms with van der Waals surface area (Å²) in [5.41, 5.74) is 2.00. The molecule has 0 spiro atoms. The maximum absolute atomic E-state index is 8.88. The highest BCUT2D eigenvalue weighted by molar-refractivity contribution is 9.10. The van der Waals surface area contributed by atoms with Gasteiger partial charge in [0.05, 0.1) is 11.6 Å². The molecule has 1 aromatic carbocycles. The van der Waals surface area contributed by atoms with Crippen molar-refractivity contribution in [1.29, 1.82) is 5.26 Å². The van der Waals surface area contributed by atoms with Gasteiger partial charge in [0, 0.05) is 23.1 Å². The molecule has 0 aliphatic carbocycles. The van der Waals surface area contributed by atoms with Crippen molar-refractivity contribution in [2.24, 2.45) is 0 Å². The number of halogens is 1. The van der Waals surface area contributed by atoms with Crippen LogP contribution in [-0.4, -0.2) is 6.54 Å². The minimum absolute atomic E-state index is 0.216. The zero-order valence-corrected chi connectivity index (χ0v) is 9.08. The first-order valence-corrected chi connectivity index (χ1v) is 5.19. The number of benzene rings is 1. The van der Waals surface area contributed by atoms with Crippen molar-refractivity contribution in [3.05, 3.63) is 46.1 Å². The van der Waals surface area contributed by atoms with Gasteiger partial charge in [0.1, 0.15) is 0 Å². The SMILES string of the molecule is N#CC1=CNCC1c1ccc(Br)cc1. The Morgan fingerprint density at radius 2 is 2.07 bits per heavy atom. The molecule has 1 unspecified atom stereocenters. The molecule has 1 aromatic rings. The van der Waals surface area contributed by atoms with Gasteiger partial charge in [-0.05, 0) is 17.7 Å². The van der Waals surface area contributed by atoms with Crippen molar-refractivity contribution in [2.45, 2.75) is 5.92 Å². The molecule has 2 nitrogen and oxygen atoms in total. The summed E-state index contributed by atoms with van der Waals surface area (Å²) in [5.74, 6) is 0.216. The summed E-state index contributed by atoms with van der Waals surface area (Å²) >= 11 is 3.39. The Balaban J connectivity index is 2.29. The van der Waals surface area contributed by atoms with Gasteiger partial charge in [0.2, 0.25) is 0 Å². The molecule has 0 bridgehead atoms. The van der Waals surface area contributed by atoms with Gasteiger partial charge in [0.15, 0.2) is 0 Å². The molecule has 1 aliphatic heterocycles. The fraction of sp³-hybridized carbons (Fsp3) is 0.182. The summed E-state index contributed by atoms with van der Waals surface area (Å²) in [6.07, 6.45) is 1.80. The quantitative estimate of drug-likeness (QED) is 0.830. The fourth-order valence-corrected chi connectivity index (χ4v) is 1.86. The van der Waals surface area contributed by atoms with E-state index in [9.17, 15) is 0 Å². The minimum Gasteiger partial charge on any atom is -0.389 e. The molecule has 70 valence electrons. The molecule has 1 aliphatic rings. The number of nitrogens with zero attached hydrogens (tertiary/aromatic N) is 1. The molecule has 2 rings (SSSR count). The Labute approximate surface area is 91.4 Å². The molecule has 0 saturated heterocycles. The Morgan fingerprint density at radius 1 is 1.36 bits per heavy atom. The van der Waals surface area contributed by atoms with E-state index in [1.165, 1.54) is 5.56 Å². The normalized spacial score (nSPS) is 19.7. The number of rotatable bonds is 1. The van der Waals surface area contributed by atoms with Crippen molar-refractivity contribution in [3.63, 3.8) is 0 Å². The average Bonchev–Trinajstić information content (AvgIpc) is 2.67. The summed E-state index contributed by atoms with van der Waals surface area (Å²) in [6, 6.07) is 10.3. The monoisotopic (exact) mass is 248 g/mol. The second-order valence-corrected chi connectivity index (χ2v) is 4.14. The number of nitrogens with one attached hydrogen (secondary N) is 1. The summed E-state index contributed by atoms with van der Waals surface area (Å²) in [5, 5.41) is 12.0. The molecular weight excluding hydrogens is 240 g/mol. The third kappa shape index (κ3) is 1.66. The van der Waals surface area contributed by atoms with Crippen LogP contribution in [0.5, 0.6) is 0 Å². The van der Waals surface area contributed by atoms with Gasteiger partial charge >= 0.3 is 0 Å². The van der Waals surface area contributed by atoms with Gasteiger partial charge in [-0.25, -0.2) is 0 Å². The van der Waals surface area contributed by atoms with Crippen molar-refractivity contribution >= 4 is 15.9 Å². The predicted molar refractivity (Wildman–Crippen MR) is 58.6 cm³/mol. The second-order valence-electron chi connectivity index (χ2n) is 3.22. The first-order valence-electron chi connectivity index (χ1n) is 4.40. The maximum atomic E-state index is 8.88. The van der Waals surface area contributed by atoms with Crippen LogP contribution in [0.4, 0.5) is 0 Å². The van der Waals surface area contributed by atoms with Crippen molar-refractivity contribution in [3.8, 4) is 6.07 Å². The topological polar surface area (TPSA) is 35.8 Å². The van der Waals surface area contributed by atoms with Gasteiger partial charge in [-0.2, -0.15) is 5.26 Å². The van der Waals surface area contributed by atoms with Crippen LogP contribution >= 0.6 is 15.9 Å². The lowest BCUT2D eigenvalue weighted by molar-refractivity contribution is 0.801. The average molecular weight is 249 g/mol. The summed E-state index contributed by atoms with van der Waals surface area (Å²) < 4.78 is 1.06. The number of hydrogen-bond donors (Lipinski definition) is 1. The van der Waals surface area contributed by atoms with Gasteiger partial charge < -0.3 is 5.32 Å². The zero-order valence-electron chi connectivity index (χ0n) is 7.50.